The molecule has 2 atom stereocenters. The van der Waals surface area contributed by atoms with Crippen LogP contribution in [0.5, 0.6) is 0 Å². The van der Waals surface area contributed by atoms with Crippen molar-refractivity contribution in [1.29, 1.82) is 0 Å². The molecule has 2 aliphatic rings. The van der Waals surface area contributed by atoms with E-state index in [2.05, 4.69) is 24.1 Å². The number of hydrogen-bond acceptors (Lipinski definition) is 4. The molecule has 0 radical (unpaired) electrons. The largest absolute Gasteiger partial charge is 0.375 e. The van der Waals surface area contributed by atoms with Gasteiger partial charge >= 0.3 is 0 Å². The lowest BCUT2D eigenvalue weighted by Gasteiger charge is -2.45. The Morgan fingerprint density at radius 2 is 2.24 bits per heavy atom. The molecule has 3 N–H and O–H groups in total. The van der Waals surface area contributed by atoms with Crippen LogP contribution in [0, 0.1) is 5.92 Å². The average molecular weight is 258 g/mol. The van der Waals surface area contributed by atoms with Crippen LogP contribution in [-0.2, 0) is 4.74 Å². The van der Waals surface area contributed by atoms with Gasteiger partial charge < -0.3 is 4.74 Å². The molecule has 100 valence electrons. The summed E-state index contributed by atoms with van der Waals surface area (Å²) in [5, 5.41) is 0. The topological polar surface area (TPSA) is 47.3 Å². The second kappa shape index (κ2) is 6.41. The molecule has 4 heteroatoms. The van der Waals surface area contributed by atoms with Gasteiger partial charge in [0, 0.05) is 12.6 Å². The molecule has 2 fully saturated rings. The maximum Gasteiger partial charge on any atom is 0.0701 e. The number of nitrogens with two attached hydrogens (primary N) is 1. The van der Waals surface area contributed by atoms with Crippen molar-refractivity contribution in [2.24, 2.45) is 11.8 Å². The third-order valence-corrected chi connectivity index (χ3v) is 5.30. The molecule has 0 aliphatic carbocycles. The zero-order chi connectivity index (χ0) is 12.1. The number of thioether (sulfide) groups is 1. The van der Waals surface area contributed by atoms with Crippen LogP contribution in [0.1, 0.15) is 45.4 Å². The molecular formula is C13H26N2OS. The van der Waals surface area contributed by atoms with E-state index in [9.17, 15) is 0 Å². The van der Waals surface area contributed by atoms with Gasteiger partial charge in [-0.3, -0.25) is 11.3 Å². The lowest BCUT2D eigenvalue weighted by Crippen LogP contribution is -2.49. The standard InChI is InChI=1S/C13H26N2OS/c1-2-3-12(15-14)11-4-7-16-13(10-11)5-8-17-9-6-13/h11-12,15H,2-10,14H2,1H3. The smallest absolute Gasteiger partial charge is 0.0701 e. The van der Waals surface area contributed by atoms with Crippen LogP contribution in [0.4, 0.5) is 0 Å². The fourth-order valence-corrected chi connectivity index (χ4v) is 4.50. The molecule has 3 nitrogen and oxygen atoms in total. The summed E-state index contributed by atoms with van der Waals surface area (Å²) >= 11 is 2.07. The van der Waals surface area contributed by atoms with Crippen LogP contribution in [0.25, 0.3) is 0 Å². The molecule has 2 rings (SSSR count). The van der Waals surface area contributed by atoms with Gasteiger partial charge in [0.05, 0.1) is 5.60 Å². The highest BCUT2D eigenvalue weighted by Gasteiger charge is 2.40. The molecule has 0 saturated carbocycles. The Hall–Kier alpha value is 0.230. The highest BCUT2D eigenvalue weighted by molar-refractivity contribution is 7.99. The fourth-order valence-electron chi connectivity index (χ4n) is 3.27. The van der Waals surface area contributed by atoms with Crippen molar-refractivity contribution in [3.63, 3.8) is 0 Å². The molecule has 2 heterocycles. The lowest BCUT2D eigenvalue weighted by atomic mass is 9.78. The Kier molecular flexibility index (Phi) is 5.15. The van der Waals surface area contributed by atoms with E-state index >= 15 is 0 Å². The molecular weight excluding hydrogens is 232 g/mol. The van der Waals surface area contributed by atoms with Crippen LogP contribution in [0.15, 0.2) is 0 Å². The highest BCUT2D eigenvalue weighted by atomic mass is 32.2. The van der Waals surface area contributed by atoms with E-state index in [1.807, 2.05) is 0 Å². The van der Waals surface area contributed by atoms with Crippen molar-refractivity contribution in [2.45, 2.75) is 57.1 Å². The van der Waals surface area contributed by atoms with Crippen molar-refractivity contribution in [2.75, 3.05) is 18.1 Å². The van der Waals surface area contributed by atoms with Crippen LogP contribution in [-0.4, -0.2) is 29.8 Å². The van der Waals surface area contributed by atoms with Crippen molar-refractivity contribution >= 4 is 11.8 Å². The quantitative estimate of drug-likeness (QED) is 0.600. The van der Waals surface area contributed by atoms with Gasteiger partial charge in [0.25, 0.3) is 0 Å². The first-order valence-electron chi connectivity index (χ1n) is 6.97. The van der Waals surface area contributed by atoms with Gasteiger partial charge in [0.2, 0.25) is 0 Å². The van der Waals surface area contributed by atoms with Crippen molar-refractivity contribution in [3.8, 4) is 0 Å². The summed E-state index contributed by atoms with van der Waals surface area (Å²) in [5.41, 5.74) is 3.23. The van der Waals surface area contributed by atoms with E-state index in [0.717, 1.165) is 6.61 Å². The van der Waals surface area contributed by atoms with Crippen LogP contribution >= 0.6 is 11.8 Å². The molecule has 2 unspecified atom stereocenters. The number of rotatable bonds is 4. The Morgan fingerprint density at radius 3 is 2.88 bits per heavy atom. The van der Waals surface area contributed by atoms with Gasteiger partial charge in [0.15, 0.2) is 0 Å². The highest BCUT2D eigenvalue weighted by Crippen LogP contribution is 2.41. The van der Waals surface area contributed by atoms with E-state index in [1.165, 1.54) is 50.0 Å². The molecule has 1 spiro atoms. The summed E-state index contributed by atoms with van der Waals surface area (Å²) in [6, 6.07) is 0.482. The Bertz CT molecular complexity index is 226. The first-order valence-corrected chi connectivity index (χ1v) is 8.13. The number of hydrazine groups is 1. The molecule has 17 heavy (non-hydrogen) atoms. The third kappa shape index (κ3) is 3.37. The number of hydrogen-bond donors (Lipinski definition) is 2. The molecule has 2 aliphatic heterocycles. The zero-order valence-electron chi connectivity index (χ0n) is 10.9. The summed E-state index contributed by atoms with van der Waals surface area (Å²) in [4.78, 5) is 0. The molecule has 0 aromatic carbocycles. The van der Waals surface area contributed by atoms with Crippen molar-refractivity contribution in [1.82, 2.24) is 5.43 Å². The monoisotopic (exact) mass is 258 g/mol. The summed E-state index contributed by atoms with van der Waals surface area (Å²) < 4.78 is 6.13. The van der Waals surface area contributed by atoms with Crippen LogP contribution in [0.2, 0.25) is 0 Å². The lowest BCUT2D eigenvalue weighted by molar-refractivity contribution is -0.107. The molecule has 2 saturated heterocycles. The molecule has 0 bridgehead atoms. The van der Waals surface area contributed by atoms with E-state index in [-0.39, 0.29) is 5.60 Å². The van der Waals surface area contributed by atoms with Crippen LogP contribution in [0.3, 0.4) is 0 Å². The Morgan fingerprint density at radius 1 is 1.47 bits per heavy atom. The van der Waals surface area contributed by atoms with Gasteiger partial charge in [-0.05, 0) is 49.5 Å². The Balaban J connectivity index is 1.95. The minimum Gasteiger partial charge on any atom is -0.375 e. The van der Waals surface area contributed by atoms with E-state index < -0.39 is 0 Å². The predicted molar refractivity (Wildman–Crippen MR) is 74.0 cm³/mol. The average Bonchev–Trinajstić information content (AvgIpc) is 2.37. The normalized spacial score (nSPS) is 30.4. The minimum absolute atomic E-state index is 0.191. The van der Waals surface area contributed by atoms with Gasteiger partial charge in [-0.15, -0.1) is 0 Å². The van der Waals surface area contributed by atoms with Crippen molar-refractivity contribution in [3.05, 3.63) is 0 Å². The molecule has 0 amide bonds. The SMILES string of the molecule is CCCC(NN)C1CCOC2(CCSCC2)C1. The van der Waals surface area contributed by atoms with Gasteiger partial charge in [0.1, 0.15) is 0 Å². The number of nitrogens with one attached hydrogen (secondary N) is 1. The second-order valence-electron chi connectivity index (χ2n) is 5.46. The molecule has 0 aromatic rings. The second-order valence-corrected chi connectivity index (χ2v) is 6.68. The zero-order valence-corrected chi connectivity index (χ0v) is 11.7. The predicted octanol–water partition coefficient (Wildman–Crippen LogP) is 2.31. The third-order valence-electron chi connectivity index (χ3n) is 4.32. The fraction of sp³-hybridized carbons (Fsp3) is 1.00. The molecule has 0 aromatic heterocycles. The first-order chi connectivity index (χ1) is 8.29. The van der Waals surface area contributed by atoms with Gasteiger partial charge in [-0.1, -0.05) is 13.3 Å². The summed E-state index contributed by atoms with van der Waals surface area (Å²) in [6.07, 6.45) is 7.24. The van der Waals surface area contributed by atoms with Gasteiger partial charge in [-0.25, -0.2) is 0 Å². The Labute approximate surface area is 109 Å². The van der Waals surface area contributed by atoms with Gasteiger partial charge in [-0.2, -0.15) is 11.8 Å². The summed E-state index contributed by atoms with van der Waals surface area (Å²) in [7, 11) is 0. The summed E-state index contributed by atoms with van der Waals surface area (Å²) in [5.74, 6) is 8.95. The van der Waals surface area contributed by atoms with E-state index in [0.29, 0.717) is 12.0 Å². The van der Waals surface area contributed by atoms with E-state index in [1.54, 1.807) is 0 Å². The van der Waals surface area contributed by atoms with Crippen LogP contribution < -0.4 is 11.3 Å². The number of ether oxygens (including phenoxy) is 1. The minimum atomic E-state index is 0.191. The maximum absolute atomic E-state index is 6.13. The van der Waals surface area contributed by atoms with Crippen molar-refractivity contribution < 1.29 is 4.74 Å². The maximum atomic E-state index is 6.13. The summed E-state index contributed by atoms with van der Waals surface area (Å²) in [6.45, 7) is 3.16. The first kappa shape index (κ1) is 13.7. The van der Waals surface area contributed by atoms with E-state index in [4.69, 9.17) is 10.6 Å².